The molecule has 2 atom stereocenters. The molecule has 1 aromatic heterocycles. The average molecular weight is 412 g/mol. The Bertz CT molecular complexity index is 888. The highest BCUT2D eigenvalue weighted by molar-refractivity contribution is 5.94. The Morgan fingerprint density at radius 1 is 1.13 bits per heavy atom. The number of amides is 2. The molecule has 30 heavy (non-hydrogen) atoms. The van der Waals surface area contributed by atoms with E-state index in [4.69, 9.17) is 4.74 Å². The van der Waals surface area contributed by atoms with Gasteiger partial charge >= 0.3 is 0 Å². The Hall–Kier alpha value is -2.74. The van der Waals surface area contributed by atoms with Crippen LogP contribution in [0.1, 0.15) is 52.8 Å². The molecule has 2 fully saturated rings. The second kappa shape index (κ2) is 8.95. The zero-order valence-corrected chi connectivity index (χ0v) is 17.6. The van der Waals surface area contributed by atoms with Gasteiger partial charge in [-0.2, -0.15) is 5.10 Å². The molecule has 2 amide bonds. The van der Waals surface area contributed by atoms with E-state index < -0.39 is 0 Å². The standard InChI is InChI=1S/C22H29N5O3/c1-14-3-5-17(6-4-14)22(29)27-10-7-18(20-23-15(2)25-26-20)19(13-27)24-21(28)16-8-11-30-12-9-16/h3-6,16,18-19H,7-13H2,1-2H3,(H,24,28)(H,23,25,26)/t18-,19+/m0/s1. The van der Waals surface area contributed by atoms with Crippen molar-refractivity contribution in [3.63, 3.8) is 0 Å². The zero-order chi connectivity index (χ0) is 21.1. The van der Waals surface area contributed by atoms with E-state index in [1.807, 2.05) is 43.0 Å². The van der Waals surface area contributed by atoms with E-state index in [1.54, 1.807) is 0 Å². The van der Waals surface area contributed by atoms with Gasteiger partial charge < -0.3 is 15.0 Å². The van der Waals surface area contributed by atoms with Gasteiger partial charge in [0.25, 0.3) is 5.91 Å². The number of benzene rings is 1. The van der Waals surface area contributed by atoms with Crippen molar-refractivity contribution in [2.45, 2.75) is 45.1 Å². The van der Waals surface area contributed by atoms with Crippen molar-refractivity contribution in [1.82, 2.24) is 25.4 Å². The summed E-state index contributed by atoms with van der Waals surface area (Å²) in [5.41, 5.74) is 1.79. The molecule has 2 saturated heterocycles. The highest BCUT2D eigenvalue weighted by atomic mass is 16.5. The molecule has 8 nitrogen and oxygen atoms in total. The minimum absolute atomic E-state index is 0.00932. The van der Waals surface area contributed by atoms with Crippen LogP contribution in [-0.4, -0.2) is 64.2 Å². The number of likely N-dealkylation sites (tertiary alicyclic amines) is 1. The number of piperidine rings is 1. The molecule has 160 valence electrons. The maximum atomic E-state index is 13.1. The molecule has 0 radical (unpaired) electrons. The Morgan fingerprint density at radius 3 is 2.53 bits per heavy atom. The molecule has 2 aromatic rings. The molecule has 0 saturated carbocycles. The van der Waals surface area contributed by atoms with Crippen LogP contribution in [0.3, 0.4) is 0 Å². The number of aromatic nitrogens is 3. The van der Waals surface area contributed by atoms with Gasteiger partial charge in [0.15, 0.2) is 5.82 Å². The number of ether oxygens (including phenoxy) is 1. The van der Waals surface area contributed by atoms with Gasteiger partial charge in [-0.1, -0.05) is 17.7 Å². The van der Waals surface area contributed by atoms with Crippen LogP contribution in [0.5, 0.6) is 0 Å². The normalized spacial score (nSPS) is 22.7. The summed E-state index contributed by atoms with van der Waals surface area (Å²) in [7, 11) is 0. The third-order valence-electron chi connectivity index (χ3n) is 6.06. The summed E-state index contributed by atoms with van der Waals surface area (Å²) in [4.78, 5) is 32.3. The molecule has 3 heterocycles. The number of aromatic amines is 1. The highest BCUT2D eigenvalue weighted by Gasteiger charge is 2.37. The van der Waals surface area contributed by atoms with Gasteiger partial charge in [0.05, 0.1) is 6.04 Å². The molecule has 2 N–H and O–H groups in total. The van der Waals surface area contributed by atoms with E-state index >= 15 is 0 Å². The van der Waals surface area contributed by atoms with Gasteiger partial charge in [0.2, 0.25) is 5.91 Å². The number of H-pyrrole nitrogens is 1. The summed E-state index contributed by atoms with van der Waals surface area (Å²) in [5, 5.41) is 10.4. The number of nitrogens with zero attached hydrogens (tertiary/aromatic N) is 3. The van der Waals surface area contributed by atoms with Gasteiger partial charge in [-0.15, -0.1) is 0 Å². The lowest BCUT2D eigenvalue weighted by atomic mass is 9.89. The van der Waals surface area contributed by atoms with Crippen LogP contribution < -0.4 is 5.32 Å². The largest absolute Gasteiger partial charge is 0.381 e. The van der Waals surface area contributed by atoms with E-state index in [2.05, 4.69) is 20.5 Å². The maximum absolute atomic E-state index is 13.1. The van der Waals surface area contributed by atoms with Crippen LogP contribution in [0.2, 0.25) is 0 Å². The Labute approximate surface area is 176 Å². The zero-order valence-electron chi connectivity index (χ0n) is 17.6. The minimum Gasteiger partial charge on any atom is -0.381 e. The van der Waals surface area contributed by atoms with Gasteiger partial charge in [0.1, 0.15) is 5.82 Å². The lowest BCUT2D eigenvalue weighted by Crippen LogP contribution is -2.54. The topological polar surface area (TPSA) is 100 Å². The number of aryl methyl sites for hydroxylation is 2. The molecule has 1 aromatic carbocycles. The number of carbonyl (C=O) groups excluding carboxylic acids is 2. The van der Waals surface area contributed by atoms with E-state index in [1.165, 1.54) is 0 Å². The second-order valence-electron chi connectivity index (χ2n) is 8.29. The van der Waals surface area contributed by atoms with E-state index in [-0.39, 0.29) is 29.7 Å². The molecule has 8 heteroatoms. The van der Waals surface area contributed by atoms with Gasteiger partial charge in [0, 0.05) is 43.7 Å². The number of carbonyl (C=O) groups is 2. The molecular weight excluding hydrogens is 382 g/mol. The van der Waals surface area contributed by atoms with E-state index in [0.717, 1.165) is 24.2 Å². The fourth-order valence-electron chi connectivity index (χ4n) is 4.26. The summed E-state index contributed by atoms with van der Waals surface area (Å²) < 4.78 is 5.38. The number of hydrogen-bond donors (Lipinski definition) is 2. The van der Waals surface area contributed by atoms with Gasteiger partial charge in [-0.3, -0.25) is 14.7 Å². The van der Waals surface area contributed by atoms with E-state index in [9.17, 15) is 9.59 Å². The predicted octanol–water partition coefficient (Wildman–Crippen LogP) is 1.96. The van der Waals surface area contributed by atoms with Crippen molar-refractivity contribution in [3.8, 4) is 0 Å². The Morgan fingerprint density at radius 2 is 1.87 bits per heavy atom. The van der Waals surface area contributed by atoms with Crippen LogP contribution in [0, 0.1) is 19.8 Å². The SMILES string of the molecule is Cc1ccc(C(=O)N2CC[C@H](c3n[nH]c(C)n3)[C@H](NC(=O)C3CCOCC3)C2)cc1. The van der Waals surface area contributed by atoms with Crippen LogP contribution in [-0.2, 0) is 9.53 Å². The number of nitrogens with one attached hydrogen (secondary N) is 2. The molecule has 2 aliphatic rings. The van der Waals surface area contributed by atoms with Crippen molar-refractivity contribution in [3.05, 3.63) is 47.0 Å². The molecular formula is C22H29N5O3. The Balaban J connectivity index is 1.51. The first-order chi connectivity index (χ1) is 14.5. The monoisotopic (exact) mass is 411 g/mol. The predicted molar refractivity (Wildman–Crippen MR) is 111 cm³/mol. The fraction of sp³-hybridized carbons (Fsp3) is 0.545. The molecule has 0 unspecified atom stereocenters. The van der Waals surface area contributed by atoms with E-state index in [0.29, 0.717) is 44.1 Å². The quantitative estimate of drug-likeness (QED) is 0.801. The van der Waals surface area contributed by atoms with Crippen molar-refractivity contribution in [2.24, 2.45) is 5.92 Å². The van der Waals surface area contributed by atoms with Crippen LogP contribution >= 0.6 is 0 Å². The summed E-state index contributed by atoms with van der Waals surface area (Å²) in [6.45, 7) is 6.14. The number of hydrogen-bond acceptors (Lipinski definition) is 5. The smallest absolute Gasteiger partial charge is 0.253 e. The van der Waals surface area contributed by atoms with Crippen molar-refractivity contribution in [2.75, 3.05) is 26.3 Å². The van der Waals surface area contributed by atoms with Crippen LogP contribution in [0.15, 0.2) is 24.3 Å². The number of rotatable bonds is 4. The third-order valence-corrected chi connectivity index (χ3v) is 6.06. The molecule has 4 rings (SSSR count). The lowest BCUT2D eigenvalue weighted by Gasteiger charge is -2.38. The van der Waals surface area contributed by atoms with Crippen molar-refractivity contribution in [1.29, 1.82) is 0 Å². The average Bonchev–Trinajstić information content (AvgIpc) is 3.20. The molecule has 0 bridgehead atoms. The molecule has 0 spiro atoms. The second-order valence-corrected chi connectivity index (χ2v) is 8.29. The summed E-state index contributed by atoms with van der Waals surface area (Å²) in [6, 6.07) is 7.39. The minimum atomic E-state index is -0.223. The fourth-order valence-corrected chi connectivity index (χ4v) is 4.26. The first kappa shape index (κ1) is 20.5. The third kappa shape index (κ3) is 4.53. The van der Waals surface area contributed by atoms with Crippen LogP contribution in [0.4, 0.5) is 0 Å². The van der Waals surface area contributed by atoms with Crippen molar-refractivity contribution < 1.29 is 14.3 Å². The maximum Gasteiger partial charge on any atom is 0.253 e. The Kier molecular flexibility index (Phi) is 6.13. The van der Waals surface area contributed by atoms with Crippen molar-refractivity contribution >= 4 is 11.8 Å². The molecule has 2 aliphatic heterocycles. The summed E-state index contributed by atoms with van der Waals surface area (Å²) in [5.74, 6) is 1.40. The van der Waals surface area contributed by atoms with Gasteiger partial charge in [-0.25, -0.2) is 4.98 Å². The summed E-state index contributed by atoms with van der Waals surface area (Å²) in [6.07, 6.45) is 2.16. The summed E-state index contributed by atoms with van der Waals surface area (Å²) >= 11 is 0. The van der Waals surface area contributed by atoms with Crippen LogP contribution in [0.25, 0.3) is 0 Å². The first-order valence-corrected chi connectivity index (χ1v) is 10.6. The lowest BCUT2D eigenvalue weighted by molar-refractivity contribution is -0.129. The first-order valence-electron chi connectivity index (χ1n) is 10.6. The molecule has 0 aliphatic carbocycles. The highest BCUT2D eigenvalue weighted by Crippen LogP contribution is 2.28. The van der Waals surface area contributed by atoms with Gasteiger partial charge in [-0.05, 0) is 45.2 Å².